The van der Waals surface area contributed by atoms with Crippen LogP contribution in [-0.4, -0.2) is 25.7 Å². The fourth-order valence-electron chi connectivity index (χ4n) is 2.41. The Labute approximate surface area is 134 Å². The van der Waals surface area contributed by atoms with Gasteiger partial charge in [0.1, 0.15) is 0 Å². The Balaban J connectivity index is 2.09. The molecule has 1 atom stereocenters. The zero-order chi connectivity index (χ0) is 17.5. The van der Waals surface area contributed by atoms with E-state index in [1.54, 1.807) is 6.07 Å². The third kappa shape index (κ3) is 2.70. The molecule has 0 spiro atoms. The van der Waals surface area contributed by atoms with Gasteiger partial charge in [-0.15, -0.1) is 0 Å². The average Bonchev–Trinajstić information content (AvgIpc) is 2.97. The molecule has 3 aromatic rings. The predicted octanol–water partition coefficient (Wildman–Crippen LogP) is 3.60. The van der Waals surface area contributed by atoms with Gasteiger partial charge in [-0.25, -0.2) is 9.50 Å². The van der Waals surface area contributed by atoms with Crippen molar-refractivity contribution in [2.75, 3.05) is 0 Å². The van der Waals surface area contributed by atoms with E-state index in [4.69, 9.17) is 5.11 Å². The van der Waals surface area contributed by atoms with Gasteiger partial charge >= 0.3 is 12.1 Å². The predicted molar refractivity (Wildman–Crippen MR) is 79.5 cm³/mol. The van der Waals surface area contributed by atoms with Crippen molar-refractivity contribution in [1.82, 2.24) is 14.6 Å². The molecular weight excluding hydrogens is 323 g/mol. The molecule has 1 N–H and O–H groups in total. The molecule has 2 heterocycles. The zero-order valence-electron chi connectivity index (χ0n) is 12.4. The van der Waals surface area contributed by atoms with Crippen LogP contribution in [0.5, 0.6) is 0 Å². The Morgan fingerprint density at radius 2 is 1.88 bits per heavy atom. The molecule has 1 aromatic carbocycles. The van der Waals surface area contributed by atoms with E-state index in [0.29, 0.717) is 22.5 Å². The van der Waals surface area contributed by atoms with Crippen LogP contribution < -0.4 is 0 Å². The molecule has 0 bridgehead atoms. The van der Waals surface area contributed by atoms with Crippen LogP contribution in [0.1, 0.15) is 24.1 Å². The minimum Gasteiger partial charge on any atom is -0.481 e. The van der Waals surface area contributed by atoms with Gasteiger partial charge in [0.25, 0.3) is 0 Å². The number of alkyl halides is 3. The van der Waals surface area contributed by atoms with Gasteiger partial charge in [-0.3, -0.25) is 4.79 Å². The van der Waals surface area contributed by atoms with Gasteiger partial charge in [0.05, 0.1) is 23.4 Å². The van der Waals surface area contributed by atoms with E-state index in [-0.39, 0.29) is 0 Å². The van der Waals surface area contributed by atoms with Gasteiger partial charge in [0, 0.05) is 11.8 Å². The number of nitrogens with zero attached hydrogens (tertiary/aromatic N) is 3. The standard InChI is InChI=1S/C16H12F3N3O2/c1-9(15(23)24)13-6-7-20-14-12(8-21-22(13)14)10-2-4-11(5-3-10)16(17,18)19/h2-9H,1H3,(H,23,24). The molecule has 24 heavy (non-hydrogen) atoms. The Hall–Kier alpha value is -2.90. The van der Waals surface area contributed by atoms with Crippen LogP contribution in [0.2, 0.25) is 0 Å². The summed E-state index contributed by atoms with van der Waals surface area (Å²) in [5.41, 5.74) is 1.13. The van der Waals surface area contributed by atoms with E-state index < -0.39 is 23.6 Å². The van der Waals surface area contributed by atoms with Crippen molar-refractivity contribution in [1.29, 1.82) is 0 Å². The summed E-state index contributed by atoms with van der Waals surface area (Å²) in [6, 6.07) is 6.21. The highest BCUT2D eigenvalue weighted by molar-refractivity contribution is 5.79. The van der Waals surface area contributed by atoms with Gasteiger partial charge in [-0.05, 0) is 30.7 Å². The molecular formula is C16H12F3N3O2. The number of fused-ring (bicyclic) bond motifs is 1. The molecule has 0 saturated heterocycles. The lowest BCUT2D eigenvalue weighted by Crippen LogP contribution is -2.12. The summed E-state index contributed by atoms with van der Waals surface area (Å²) < 4.78 is 39.3. The summed E-state index contributed by atoms with van der Waals surface area (Å²) in [4.78, 5) is 15.4. The summed E-state index contributed by atoms with van der Waals surface area (Å²) in [6.07, 6.45) is -1.48. The van der Waals surface area contributed by atoms with Crippen molar-refractivity contribution >= 4 is 11.6 Å². The molecule has 2 aromatic heterocycles. The zero-order valence-corrected chi connectivity index (χ0v) is 12.4. The average molecular weight is 335 g/mol. The number of carboxylic acid groups (broad SMARTS) is 1. The summed E-state index contributed by atoms with van der Waals surface area (Å²) in [7, 11) is 0. The maximum absolute atomic E-state index is 12.6. The lowest BCUT2D eigenvalue weighted by molar-refractivity contribution is -0.139. The van der Waals surface area contributed by atoms with E-state index in [1.165, 1.54) is 36.0 Å². The van der Waals surface area contributed by atoms with E-state index in [0.717, 1.165) is 12.1 Å². The minimum absolute atomic E-state index is 0.389. The van der Waals surface area contributed by atoms with Crippen LogP contribution in [0, 0.1) is 0 Å². The largest absolute Gasteiger partial charge is 0.481 e. The molecule has 3 rings (SSSR count). The van der Waals surface area contributed by atoms with Crippen molar-refractivity contribution in [2.24, 2.45) is 0 Å². The number of carbonyl (C=O) groups is 1. The molecule has 5 nitrogen and oxygen atoms in total. The highest BCUT2D eigenvalue weighted by atomic mass is 19.4. The topological polar surface area (TPSA) is 67.5 Å². The number of aliphatic carboxylic acids is 1. The lowest BCUT2D eigenvalue weighted by atomic mass is 10.1. The lowest BCUT2D eigenvalue weighted by Gasteiger charge is -2.09. The fraction of sp³-hybridized carbons (Fsp3) is 0.188. The molecule has 0 fully saturated rings. The van der Waals surface area contributed by atoms with E-state index >= 15 is 0 Å². The van der Waals surface area contributed by atoms with Crippen LogP contribution in [-0.2, 0) is 11.0 Å². The van der Waals surface area contributed by atoms with Crippen molar-refractivity contribution in [3.8, 4) is 11.1 Å². The first-order valence-corrected chi connectivity index (χ1v) is 7.02. The second-order valence-electron chi connectivity index (χ2n) is 5.30. The smallest absolute Gasteiger partial charge is 0.416 e. The van der Waals surface area contributed by atoms with Crippen molar-refractivity contribution < 1.29 is 23.1 Å². The first-order chi connectivity index (χ1) is 11.3. The van der Waals surface area contributed by atoms with Gasteiger partial charge < -0.3 is 5.11 Å². The van der Waals surface area contributed by atoms with Crippen LogP contribution in [0.15, 0.2) is 42.7 Å². The van der Waals surface area contributed by atoms with Crippen molar-refractivity contribution in [3.63, 3.8) is 0 Å². The molecule has 0 radical (unpaired) electrons. The molecule has 0 amide bonds. The molecule has 0 aliphatic carbocycles. The highest BCUT2D eigenvalue weighted by Gasteiger charge is 2.30. The first-order valence-electron chi connectivity index (χ1n) is 7.02. The fourth-order valence-corrected chi connectivity index (χ4v) is 2.41. The van der Waals surface area contributed by atoms with E-state index in [9.17, 15) is 18.0 Å². The minimum atomic E-state index is -4.40. The third-order valence-electron chi connectivity index (χ3n) is 3.77. The van der Waals surface area contributed by atoms with Crippen molar-refractivity contribution in [2.45, 2.75) is 19.0 Å². The first kappa shape index (κ1) is 16.0. The number of halogens is 3. The van der Waals surface area contributed by atoms with Gasteiger partial charge in [0.2, 0.25) is 0 Å². The monoisotopic (exact) mass is 335 g/mol. The molecule has 8 heteroatoms. The number of rotatable bonds is 3. The quantitative estimate of drug-likeness (QED) is 0.794. The summed E-state index contributed by atoms with van der Waals surface area (Å²) in [5, 5.41) is 13.3. The van der Waals surface area contributed by atoms with E-state index in [2.05, 4.69) is 10.1 Å². The summed E-state index contributed by atoms with van der Waals surface area (Å²) in [5.74, 6) is -1.80. The van der Waals surface area contributed by atoms with Crippen LogP contribution in [0.3, 0.4) is 0 Å². The maximum atomic E-state index is 12.6. The third-order valence-corrected chi connectivity index (χ3v) is 3.77. The molecule has 0 aliphatic heterocycles. The summed E-state index contributed by atoms with van der Waals surface area (Å²) >= 11 is 0. The number of aromatic nitrogens is 3. The van der Waals surface area contributed by atoms with Gasteiger partial charge in [-0.2, -0.15) is 18.3 Å². The van der Waals surface area contributed by atoms with E-state index in [1.807, 2.05) is 0 Å². The molecule has 0 saturated carbocycles. The second-order valence-corrected chi connectivity index (χ2v) is 5.30. The van der Waals surface area contributed by atoms with Crippen LogP contribution in [0.4, 0.5) is 13.2 Å². The number of carboxylic acids is 1. The van der Waals surface area contributed by atoms with Gasteiger partial charge in [0.15, 0.2) is 5.65 Å². The Bertz CT molecular complexity index is 901. The molecule has 0 aliphatic rings. The normalized spacial score (nSPS) is 13.2. The van der Waals surface area contributed by atoms with Crippen LogP contribution >= 0.6 is 0 Å². The Morgan fingerprint density at radius 3 is 2.46 bits per heavy atom. The number of benzene rings is 1. The second kappa shape index (κ2) is 5.63. The van der Waals surface area contributed by atoms with Crippen LogP contribution in [0.25, 0.3) is 16.8 Å². The number of hydrogen-bond acceptors (Lipinski definition) is 3. The summed E-state index contributed by atoms with van der Waals surface area (Å²) in [6.45, 7) is 1.52. The van der Waals surface area contributed by atoms with Gasteiger partial charge in [-0.1, -0.05) is 12.1 Å². The number of hydrogen-bond donors (Lipinski definition) is 1. The SMILES string of the molecule is CC(C(=O)O)c1ccnc2c(-c3ccc(C(F)(F)F)cc3)cnn12. The highest BCUT2D eigenvalue weighted by Crippen LogP contribution is 2.32. The van der Waals surface area contributed by atoms with Crippen molar-refractivity contribution in [3.05, 3.63) is 54.0 Å². The molecule has 124 valence electrons. The maximum Gasteiger partial charge on any atom is 0.416 e. The Kier molecular flexibility index (Phi) is 3.75. The Morgan fingerprint density at radius 1 is 1.21 bits per heavy atom. The molecule has 1 unspecified atom stereocenters.